The van der Waals surface area contributed by atoms with Gasteiger partial charge in [-0.3, -0.25) is 0 Å². The van der Waals surface area contributed by atoms with Gasteiger partial charge >= 0.3 is 0 Å². The molecule has 1 heterocycles. The predicted octanol–water partition coefficient (Wildman–Crippen LogP) is 13.6. The van der Waals surface area contributed by atoms with Gasteiger partial charge in [0.15, 0.2) is 0 Å². The minimum Gasteiger partial charge on any atom is -0.310 e. The molecule has 7 aromatic carbocycles. The van der Waals surface area contributed by atoms with Gasteiger partial charge in [-0.2, -0.15) is 0 Å². The van der Waals surface area contributed by atoms with Crippen molar-refractivity contribution in [2.24, 2.45) is 23.7 Å². The molecule has 3 bridgehead atoms. The maximum atomic E-state index is 2.63. The largest absolute Gasteiger partial charge is 0.310 e. The Morgan fingerprint density at radius 2 is 1.15 bits per heavy atom. The molecule has 0 radical (unpaired) electrons. The van der Waals surface area contributed by atoms with Crippen LogP contribution in [0.5, 0.6) is 0 Å². The lowest BCUT2D eigenvalue weighted by atomic mass is 9.51. The van der Waals surface area contributed by atoms with Gasteiger partial charge in [0.2, 0.25) is 0 Å². The van der Waals surface area contributed by atoms with Crippen LogP contribution in [0.2, 0.25) is 0 Å². The lowest BCUT2D eigenvalue weighted by Crippen LogP contribution is -2.48. The Bertz CT molecular complexity index is 2690. The van der Waals surface area contributed by atoms with Crippen molar-refractivity contribution in [3.8, 4) is 27.9 Å². The fourth-order valence-corrected chi connectivity index (χ4v) is 12.2. The number of hydrogen-bond acceptors (Lipinski definition) is 1. The quantitative estimate of drug-likeness (QED) is 0.174. The van der Waals surface area contributed by atoms with Crippen molar-refractivity contribution in [2.45, 2.75) is 37.5 Å². The van der Waals surface area contributed by atoms with Crippen LogP contribution in [0.3, 0.4) is 0 Å². The summed E-state index contributed by atoms with van der Waals surface area (Å²) in [6.45, 7) is 0. The minimum absolute atomic E-state index is 0.114. The highest BCUT2D eigenvalue weighted by Crippen LogP contribution is 2.70. The Kier molecular flexibility index (Phi) is 6.55. The van der Waals surface area contributed by atoms with E-state index >= 15 is 0 Å². The fourth-order valence-electron chi connectivity index (χ4n) is 12.2. The third-order valence-electron chi connectivity index (χ3n) is 14.1. The summed E-state index contributed by atoms with van der Waals surface area (Å²) in [5.41, 5.74) is 16.0. The summed E-state index contributed by atoms with van der Waals surface area (Å²) in [7, 11) is 0. The van der Waals surface area contributed by atoms with Gasteiger partial charge in [-0.15, -0.1) is 0 Å². The van der Waals surface area contributed by atoms with Crippen molar-refractivity contribution in [1.82, 2.24) is 4.57 Å². The van der Waals surface area contributed by atoms with E-state index in [1.54, 1.807) is 11.1 Å². The van der Waals surface area contributed by atoms with Crippen LogP contribution in [0.15, 0.2) is 170 Å². The number of anilines is 3. The molecule has 2 heteroatoms. The summed E-state index contributed by atoms with van der Waals surface area (Å²) in [6, 6.07) is 63.7. The van der Waals surface area contributed by atoms with E-state index in [2.05, 4.69) is 179 Å². The molecule has 8 aromatic rings. The normalized spacial score (nSPS) is 23.3. The molecule has 2 nitrogen and oxygen atoms in total. The molecule has 12 rings (SSSR count). The summed E-state index contributed by atoms with van der Waals surface area (Å²) >= 11 is 0. The van der Waals surface area contributed by atoms with Crippen LogP contribution in [0.25, 0.3) is 49.7 Å². The number of fused-ring (bicyclic) bond motifs is 7. The molecule has 1 aromatic heterocycles. The average molecular weight is 695 g/mol. The molecule has 4 aliphatic rings. The first-order valence-electron chi connectivity index (χ1n) is 20.0. The Hall–Kier alpha value is -5.86. The van der Waals surface area contributed by atoms with Crippen LogP contribution in [-0.4, -0.2) is 4.57 Å². The molecule has 4 aliphatic carbocycles. The molecule has 260 valence electrons. The van der Waals surface area contributed by atoms with Gasteiger partial charge in [-0.05, 0) is 138 Å². The van der Waals surface area contributed by atoms with E-state index in [0.29, 0.717) is 5.92 Å². The van der Waals surface area contributed by atoms with Crippen molar-refractivity contribution in [3.63, 3.8) is 0 Å². The lowest BCUT2D eigenvalue weighted by Gasteiger charge is -2.53. The zero-order valence-electron chi connectivity index (χ0n) is 30.4. The monoisotopic (exact) mass is 694 g/mol. The van der Waals surface area contributed by atoms with Crippen molar-refractivity contribution in [2.75, 3.05) is 4.90 Å². The molecule has 0 aliphatic heterocycles. The van der Waals surface area contributed by atoms with Crippen molar-refractivity contribution in [1.29, 1.82) is 0 Å². The van der Waals surface area contributed by atoms with E-state index < -0.39 is 0 Å². The van der Waals surface area contributed by atoms with E-state index in [9.17, 15) is 0 Å². The van der Waals surface area contributed by atoms with Gasteiger partial charge in [-0.1, -0.05) is 115 Å². The molecule has 0 N–H and O–H groups in total. The maximum Gasteiger partial charge on any atom is 0.0541 e. The molecule has 0 saturated heterocycles. The van der Waals surface area contributed by atoms with Gasteiger partial charge in [-0.25, -0.2) is 0 Å². The molecule has 0 amide bonds. The number of para-hydroxylation sites is 3. The van der Waals surface area contributed by atoms with E-state index in [1.165, 1.54) is 98.9 Å². The first kappa shape index (κ1) is 30.6. The molecule has 3 saturated carbocycles. The summed E-state index contributed by atoms with van der Waals surface area (Å²) in [5, 5.41) is 2.57. The molecule has 2 unspecified atom stereocenters. The number of rotatable bonds is 5. The topological polar surface area (TPSA) is 8.17 Å². The van der Waals surface area contributed by atoms with Gasteiger partial charge < -0.3 is 9.47 Å². The Labute approximate surface area is 317 Å². The Morgan fingerprint density at radius 1 is 0.500 bits per heavy atom. The van der Waals surface area contributed by atoms with Crippen LogP contribution in [0, 0.1) is 23.7 Å². The third kappa shape index (κ3) is 4.17. The second-order valence-electron chi connectivity index (χ2n) is 16.5. The second kappa shape index (κ2) is 11.6. The van der Waals surface area contributed by atoms with Crippen molar-refractivity contribution < 1.29 is 0 Å². The highest BCUT2D eigenvalue weighted by molar-refractivity contribution is 6.09. The molecule has 54 heavy (non-hydrogen) atoms. The first-order chi connectivity index (χ1) is 26.8. The smallest absolute Gasteiger partial charge is 0.0541 e. The third-order valence-corrected chi connectivity index (χ3v) is 14.1. The Balaban J connectivity index is 1.07. The van der Waals surface area contributed by atoms with E-state index in [4.69, 9.17) is 0 Å². The molecular formula is C52H42N2. The van der Waals surface area contributed by atoms with Crippen LogP contribution in [-0.2, 0) is 5.41 Å². The number of nitrogens with zero attached hydrogens (tertiary/aromatic N) is 2. The first-order valence-corrected chi connectivity index (χ1v) is 20.0. The van der Waals surface area contributed by atoms with Crippen molar-refractivity contribution >= 4 is 38.9 Å². The number of aromatic nitrogens is 1. The predicted molar refractivity (Wildman–Crippen MR) is 224 cm³/mol. The van der Waals surface area contributed by atoms with Gasteiger partial charge in [0.25, 0.3) is 0 Å². The molecule has 3 fully saturated rings. The maximum absolute atomic E-state index is 2.63. The molecule has 5 atom stereocenters. The summed E-state index contributed by atoms with van der Waals surface area (Å²) in [5.74, 6) is 3.22. The standard InChI is InChI=1S/C52H42N2/c1-2-12-35(13-3-1)41-14-5-9-19-49(41)53(38-24-26-39(27-25-38)54-50-20-10-6-16-44(50)45-17-7-11-21-51(45)54)40-28-29-43-42-15-4-8-18-46(42)52(48(43)33-40)37-23-22-36-30-34(31-37)32-47(36)52/h1-21,24-29,33-34,36-37,47H,22-23,30-32H2/t34-,36?,37-,47+,52?/m0/s1. The van der Waals surface area contributed by atoms with Gasteiger partial charge in [0.05, 0.1) is 16.7 Å². The Morgan fingerprint density at radius 3 is 1.94 bits per heavy atom. The summed E-state index contributed by atoms with van der Waals surface area (Å²) in [4.78, 5) is 2.54. The zero-order chi connectivity index (χ0) is 35.4. The van der Waals surface area contributed by atoms with Crippen LogP contribution >= 0.6 is 0 Å². The fraction of sp³-hybridized carbons (Fsp3) is 0.192. The summed E-state index contributed by atoms with van der Waals surface area (Å²) < 4.78 is 2.42. The number of benzene rings is 7. The SMILES string of the molecule is c1ccc(-c2ccccc2N(c2ccc(-n3c4ccccc4c4ccccc43)cc2)c2ccc3c(c2)C2(c4ccccc4-3)[C@H]3CCC4C[C@@H](C3)C[C@H]42)cc1. The van der Waals surface area contributed by atoms with E-state index in [0.717, 1.165) is 17.8 Å². The lowest BCUT2D eigenvalue weighted by molar-refractivity contribution is 0.0768. The van der Waals surface area contributed by atoms with Crippen LogP contribution in [0.1, 0.15) is 43.2 Å². The molecular weight excluding hydrogens is 653 g/mol. The molecule has 1 spiro atoms. The van der Waals surface area contributed by atoms with Gasteiger partial charge in [0, 0.05) is 38.8 Å². The second-order valence-corrected chi connectivity index (χ2v) is 16.5. The summed E-state index contributed by atoms with van der Waals surface area (Å²) in [6.07, 6.45) is 6.99. The minimum atomic E-state index is 0.114. The van der Waals surface area contributed by atoms with E-state index in [1.807, 2.05) is 0 Å². The number of hydrogen-bond donors (Lipinski definition) is 0. The zero-order valence-corrected chi connectivity index (χ0v) is 30.4. The van der Waals surface area contributed by atoms with Crippen molar-refractivity contribution in [3.05, 3.63) is 181 Å². The highest BCUT2D eigenvalue weighted by Gasteiger charge is 2.63. The highest BCUT2D eigenvalue weighted by atomic mass is 15.1. The van der Waals surface area contributed by atoms with Crippen LogP contribution < -0.4 is 4.90 Å². The van der Waals surface area contributed by atoms with Gasteiger partial charge in [0.1, 0.15) is 0 Å². The van der Waals surface area contributed by atoms with E-state index in [-0.39, 0.29) is 5.41 Å². The average Bonchev–Trinajstić information content (AvgIpc) is 3.80. The van der Waals surface area contributed by atoms with Crippen LogP contribution in [0.4, 0.5) is 17.1 Å².